The molecule has 143 heavy (non-hydrogen) atoms. The third kappa shape index (κ3) is 11.4. The van der Waals surface area contributed by atoms with E-state index in [4.69, 9.17) is 0 Å². The van der Waals surface area contributed by atoms with Crippen molar-refractivity contribution in [1.82, 2.24) is 27.4 Å². The molecule has 32 rings (SSSR count). The molecule has 6 nitrogen and oxygen atoms in total. The molecule has 0 unspecified atom stereocenters. The van der Waals surface area contributed by atoms with Crippen molar-refractivity contribution in [2.24, 2.45) is 0 Å². The summed E-state index contributed by atoms with van der Waals surface area (Å²) >= 11 is 0. The van der Waals surface area contributed by atoms with Gasteiger partial charge in [-0.05, 0) is 267 Å². The fourth-order valence-electron chi connectivity index (χ4n) is 26.3. The van der Waals surface area contributed by atoms with Crippen LogP contribution in [0.15, 0.2) is 510 Å². The van der Waals surface area contributed by atoms with Crippen molar-refractivity contribution in [3.63, 3.8) is 0 Å². The molecule has 0 aliphatic heterocycles. The van der Waals surface area contributed by atoms with Crippen LogP contribution in [0.5, 0.6) is 0 Å². The Kier molecular flexibility index (Phi) is 17.4. The Bertz CT molecular complexity index is 9890. The first kappa shape index (κ1) is 80.7. The first-order chi connectivity index (χ1) is 70.7. The molecule has 0 fully saturated rings. The highest BCUT2D eigenvalue weighted by molar-refractivity contribution is 6.21. The largest absolute Gasteiger partial charge is 0.316 e. The Labute approximate surface area is 827 Å². The van der Waals surface area contributed by atoms with E-state index in [1.54, 1.807) is 0 Å². The number of hydrogen-bond donors (Lipinski definition) is 0. The molecule has 0 saturated heterocycles. The number of rotatable bonds is 8. The topological polar surface area (TPSA) is 29.6 Å². The van der Waals surface area contributed by atoms with Gasteiger partial charge in [-0.2, -0.15) is 0 Å². The molecular formula is C137H90N6. The minimum Gasteiger partial charge on any atom is -0.316 e. The Hall–Kier alpha value is -18.4. The van der Waals surface area contributed by atoms with E-state index in [1.807, 2.05) is 0 Å². The van der Waals surface area contributed by atoms with E-state index in [2.05, 4.69) is 551 Å². The number of hydrogen-bond acceptors (Lipinski definition) is 0. The minimum absolute atomic E-state index is 0.0286. The number of fused-ring (bicyclic) bond motifs is 38. The van der Waals surface area contributed by atoms with Gasteiger partial charge in [0.1, 0.15) is 0 Å². The fraction of sp³-hybridized carbons (Fsp3) is 0.0365. The van der Waals surface area contributed by atoms with Crippen LogP contribution >= 0.6 is 0 Å². The van der Waals surface area contributed by atoms with Crippen molar-refractivity contribution in [2.45, 2.75) is 30.1 Å². The molecule has 0 bridgehead atoms. The smallest absolute Gasteiger partial charge is 0.0788 e. The minimum atomic E-state index is -0.355. The zero-order valence-corrected chi connectivity index (χ0v) is 78.7. The van der Waals surface area contributed by atoms with Crippen LogP contribution in [-0.2, 0) is 16.2 Å². The average molecular weight is 1820 g/mol. The summed E-state index contributed by atoms with van der Waals surface area (Å²) in [4.78, 5) is 0. The molecule has 6 heteroatoms. The summed E-state index contributed by atoms with van der Waals surface area (Å²) in [5, 5.41) is 11.4. The van der Waals surface area contributed by atoms with Gasteiger partial charge in [0, 0.05) is 107 Å². The van der Waals surface area contributed by atoms with Crippen LogP contribution in [0.3, 0.4) is 0 Å². The van der Waals surface area contributed by atoms with Crippen molar-refractivity contribution >= 4 is 98.1 Å². The first-order valence-electron chi connectivity index (χ1n) is 49.8. The summed E-state index contributed by atoms with van der Waals surface area (Å²) < 4.78 is 14.3. The molecule has 5 aliphatic rings. The van der Waals surface area contributed by atoms with E-state index < -0.39 is 0 Å². The van der Waals surface area contributed by atoms with Gasteiger partial charge in [0.25, 0.3) is 0 Å². The van der Waals surface area contributed by atoms with E-state index in [9.17, 15) is 0 Å². The highest BCUT2D eigenvalue weighted by Crippen LogP contribution is 2.66. The predicted molar refractivity (Wildman–Crippen MR) is 594 cm³/mol. The molecule has 0 atom stereocenters. The van der Waals surface area contributed by atoms with Crippen molar-refractivity contribution < 1.29 is 0 Å². The second kappa shape index (κ2) is 30.8. The number of nitrogens with zero attached hydrogens (tertiary/aromatic N) is 6. The maximum absolute atomic E-state index is 2.48. The first-order valence-corrected chi connectivity index (χ1v) is 49.8. The van der Waals surface area contributed by atoms with Crippen molar-refractivity contribution in [3.8, 4) is 112 Å². The van der Waals surface area contributed by atoms with Gasteiger partial charge in [-0.3, -0.25) is 0 Å². The Balaban J connectivity index is 0.000000102. The van der Waals surface area contributed by atoms with Crippen LogP contribution in [0.4, 0.5) is 0 Å². The van der Waals surface area contributed by atoms with Gasteiger partial charge in [-0.15, -0.1) is 0 Å². The predicted octanol–water partition coefficient (Wildman–Crippen LogP) is 34.5. The standard InChI is InChI=1S/2C51H32N2.C35H26N2/c1-2-14-35(15-3-1)53-49-24-11-7-20-41(49)42-27-28-48-43(50(42)53)29-30-52(48)36-16-12-13-33(31-36)34-25-26-40-39-19-6-10-23-46(39)51(47(40)32-34)44-21-8-4-17-37(44)38-18-5-9-22-45(38)51;1-2-12-36(13-3-1)53-49-21-11-7-17-41(49)42-28-29-48-43(50(42)53)30-31-52(48)35-25-22-33(23-26-35)34-24-27-40-39-16-6-10-20-46(39)51(47(40)32-34)44-18-8-4-14-37(44)38-15-5-9-19-45(38)51;1-35(2)30-14-8-6-12-26(30)27-19-17-25(22-31(27)35)36-21-20-23-16-18-29-28-13-7-9-15-32(28)37(34(29)33(23)36)24-10-4-3-5-11-24/h2*1-32H;3-22H,1-2H3. The second-order valence-electron chi connectivity index (χ2n) is 39.6. The Morgan fingerprint density at radius 3 is 0.923 bits per heavy atom. The highest BCUT2D eigenvalue weighted by atomic mass is 15.0. The molecule has 21 aromatic carbocycles. The zero-order chi connectivity index (χ0) is 94.1. The SMILES string of the molecule is CC1(C)c2ccccc2-c2ccc(-n3ccc4ccc5c6ccccc6n(-c6ccccc6)c5c43)cc21.c1ccc(-n2c3ccccc3c3ccc4c(ccn4-c4ccc(-c5ccc6c(c5)C5(c7ccccc7-c7ccccc75)c5ccccc5-6)cc4)c32)cc1.c1ccc(-n2c3ccccc3c3ccc4c(ccn4-c4cccc(-c5ccc6c(c5)C5(c7ccccc7-c7ccccc75)c5ccccc5-6)c4)c32)cc1. The molecule has 27 aromatic rings. The van der Waals surface area contributed by atoms with Crippen LogP contribution < -0.4 is 0 Å². The number of aromatic nitrogens is 6. The summed E-state index contributed by atoms with van der Waals surface area (Å²) in [6.45, 7) is 4.70. The third-order valence-electron chi connectivity index (χ3n) is 32.3. The summed E-state index contributed by atoms with van der Waals surface area (Å²) in [5.74, 6) is 0. The molecule has 0 N–H and O–H groups in total. The maximum Gasteiger partial charge on any atom is 0.0788 e. The summed E-state index contributed by atoms with van der Waals surface area (Å²) in [5.41, 5.74) is 49.3. The van der Waals surface area contributed by atoms with Gasteiger partial charge in [-0.25, -0.2) is 0 Å². The van der Waals surface area contributed by atoms with Crippen LogP contribution in [0, 0.1) is 0 Å². The fourth-order valence-corrected chi connectivity index (χ4v) is 26.3. The summed E-state index contributed by atoms with van der Waals surface area (Å²) in [6.07, 6.45) is 6.68. The summed E-state index contributed by atoms with van der Waals surface area (Å²) in [7, 11) is 0. The molecule has 0 radical (unpaired) electrons. The molecule has 5 aliphatic carbocycles. The maximum atomic E-state index is 2.48. The highest BCUT2D eigenvalue weighted by Gasteiger charge is 2.54. The average Bonchev–Trinajstić information content (AvgIpc) is 1.51. The van der Waals surface area contributed by atoms with Crippen LogP contribution in [0.1, 0.15) is 69.5 Å². The lowest BCUT2D eigenvalue weighted by Gasteiger charge is -2.30. The van der Waals surface area contributed by atoms with E-state index in [0.717, 1.165) is 11.4 Å². The molecule has 0 saturated carbocycles. The van der Waals surface area contributed by atoms with E-state index in [-0.39, 0.29) is 16.2 Å². The monoisotopic (exact) mass is 1820 g/mol. The van der Waals surface area contributed by atoms with E-state index >= 15 is 0 Å². The quantitative estimate of drug-likeness (QED) is 0.145. The van der Waals surface area contributed by atoms with E-state index in [1.165, 1.54) is 254 Å². The van der Waals surface area contributed by atoms with Gasteiger partial charge < -0.3 is 27.4 Å². The molecule has 668 valence electrons. The van der Waals surface area contributed by atoms with Gasteiger partial charge in [0.2, 0.25) is 0 Å². The van der Waals surface area contributed by atoms with Crippen molar-refractivity contribution in [1.29, 1.82) is 0 Å². The lowest BCUT2D eigenvalue weighted by atomic mass is 9.70. The lowest BCUT2D eigenvalue weighted by molar-refractivity contribution is 0.660. The normalized spacial score (nSPS) is 13.6. The molecule has 6 aromatic heterocycles. The van der Waals surface area contributed by atoms with Crippen LogP contribution in [-0.4, -0.2) is 27.4 Å². The second-order valence-corrected chi connectivity index (χ2v) is 39.6. The van der Waals surface area contributed by atoms with Crippen LogP contribution in [0.25, 0.3) is 210 Å². The van der Waals surface area contributed by atoms with Gasteiger partial charge in [-0.1, -0.05) is 372 Å². The third-order valence-corrected chi connectivity index (χ3v) is 32.3. The lowest BCUT2D eigenvalue weighted by Crippen LogP contribution is -2.25. The molecule has 2 spiro atoms. The summed E-state index contributed by atoms with van der Waals surface area (Å²) in [6, 6.07) is 181. The van der Waals surface area contributed by atoms with Gasteiger partial charge in [0.15, 0.2) is 0 Å². The number of para-hydroxylation sites is 6. The Morgan fingerprint density at radius 1 is 0.154 bits per heavy atom. The zero-order valence-electron chi connectivity index (χ0n) is 78.7. The number of benzene rings is 21. The van der Waals surface area contributed by atoms with Crippen LogP contribution in [0.2, 0.25) is 0 Å². The molecule has 0 amide bonds. The Morgan fingerprint density at radius 2 is 0.469 bits per heavy atom. The van der Waals surface area contributed by atoms with Crippen molar-refractivity contribution in [2.75, 3.05) is 0 Å². The van der Waals surface area contributed by atoms with E-state index in [0.29, 0.717) is 0 Å². The van der Waals surface area contributed by atoms with Crippen molar-refractivity contribution in [3.05, 3.63) is 566 Å². The van der Waals surface area contributed by atoms with Gasteiger partial charge in [0.05, 0.1) is 60.5 Å². The molecular weight excluding hydrogens is 1730 g/mol. The molecule has 6 heterocycles. The van der Waals surface area contributed by atoms with Gasteiger partial charge >= 0.3 is 0 Å².